The molecule has 0 aliphatic rings. The molecule has 8 heteroatoms. The van der Waals surface area contributed by atoms with Gasteiger partial charge in [-0.2, -0.15) is 0 Å². The number of sulfonamides is 2. The summed E-state index contributed by atoms with van der Waals surface area (Å²) in [6.07, 6.45) is 2.69. The molecule has 1 aromatic rings. The molecule has 0 radical (unpaired) electrons. The van der Waals surface area contributed by atoms with Crippen molar-refractivity contribution in [2.75, 3.05) is 0 Å². The molecule has 6 nitrogen and oxygen atoms in total. The van der Waals surface area contributed by atoms with Gasteiger partial charge in [-0.15, -0.1) is 0 Å². The molecule has 1 unspecified atom stereocenters. The molecule has 0 spiro atoms. The van der Waals surface area contributed by atoms with Crippen LogP contribution in [0.4, 0.5) is 0 Å². The molecule has 3 N–H and O–H groups in total. The van der Waals surface area contributed by atoms with Crippen LogP contribution in [0.2, 0.25) is 0 Å². The van der Waals surface area contributed by atoms with E-state index in [1.54, 1.807) is 6.92 Å². The van der Waals surface area contributed by atoms with Crippen LogP contribution < -0.4 is 9.86 Å². The highest BCUT2D eigenvalue weighted by Gasteiger charge is 2.18. The lowest BCUT2D eigenvalue weighted by atomic mass is 10.2. The summed E-state index contributed by atoms with van der Waals surface area (Å²) in [7, 11) is -7.45. The minimum absolute atomic E-state index is 0.0215. The van der Waals surface area contributed by atoms with Crippen molar-refractivity contribution in [2.24, 2.45) is 5.14 Å². The fourth-order valence-corrected chi connectivity index (χ4v) is 3.50. The predicted molar refractivity (Wildman–Crippen MR) is 77.1 cm³/mol. The molecular formula is C12H20N2O4S2. The normalized spacial score (nSPS) is 14.2. The van der Waals surface area contributed by atoms with Gasteiger partial charge in [-0.25, -0.2) is 26.7 Å². The second kappa shape index (κ2) is 6.66. The van der Waals surface area contributed by atoms with E-state index < -0.39 is 20.0 Å². The van der Waals surface area contributed by atoms with E-state index in [9.17, 15) is 16.8 Å². The average Bonchev–Trinajstić information content (AvgIpc) is 2.35. The first-order valence-corrected chi connectivity index (χ1v) is 9.35. The number of hydrogen-bond acceptors (Lipinski definition) is 4. The van der Waals surface area contributed by atoms with Crippen molar-refractivity contribution in [1.82, 2.24) is 4.72 Å². The monoisotopic (exact) mass is 320 g/mol. The van der Waals surface area contributed by atoms with Crippen LogP contribution in [-0.4, -0.2) is 22.9 Å². The van der Waals surface area contributed by atoms with Gasteiger partial charge in [0.2, 0.25) is 20.0 Å². The Labute approximate surface area is 120 Å². The molecule has 0 saturated carbocycles. The highest BCUT2D eigenvalue weighted by Crippen LogP contribution is 2.14. The van der Waals surface area contributed by atoms with Crippen LogP contribution in [0.15, 0.2) is 34.1 Å². The van der Waals surface area contributed by atoms with E-state index in [0.717, 1.165) is 19.3 Å². The maximum atomic E-state index is 12.1. The highest BCUT2D eigenvalue weighted by molar-refractivity contribution is 7.89. The third-order valence-electron chi connectivity index (χ3n) is 2.81. The third-order valence-corrected chi connectivity index (χ3v) is 5.34. The number of nitrogens with one attached hydrogen (secondary N) is 1. The van der Waals surface area contributed by atoms with Gasteiger partial charge in [-0.1, -0.05) is 19.8 Å². The van der Waals surface area contributed by atoms with Crippen molar-refractivity contribution in [2.45, 2.75) is 48.9 Å². The van der Waals surface area contributed by atoms with Gasteiger partial charge >= 0.3 is 0 Å². The summed E-state index contributed by atoms with van der Waals surface area (Å²) in [6.45, 7) is 3.83. The van der Waals surface area contributed by atoms with Crippen LogP contribution in [0.1, 0.15) is 33.1 Å². The summed E-state index contributed by atoms with van der Waals surface area (Å²) in [6, 6.07) is 4.66. The van der Waals surface area contributed by atoms with Crippen molar-refractivity contribution in [1.29, 1.82) is 0 Å². The summed E-state index contributed by atoms with van der Waals surface area (Å²) >= 11 is 0. The Kier molecular flexibility index (Phi) is 5.69. The Morgan fingerprint density at radius 2 is 1.60 bits per heavy atom. The Morgan fingerprint density at radius 3 is 2.05 bits per heavy atom. The van der Waals surface area contributed by atoms with E-state index in [-0.39, 0.29) is 15.8 Å². The van der Waals surface area contributed by atoms with Crippen LogP contribution in [0.25, 0.3) is 0 Å². The first-order chi connectivity index (χ1) is 9.16. The number of unbranched alkanes of at least 4 members (excludes halogenated alkanes) is 1. The summed E-state index contributed by atoms with van der Waals surface area (Å²) < 4.78 is 48.9. The van der Waals surface area contributed by atoms with Crippen molar-refractivity contribution in [3.8, 4) is 0 Å². The summed E-state index contributed by atoms with van der Waals surface area (Å²) in [4.78, 5) is -0.0938. The van der Waals surface area contributed by atoms with Crippen LogP contribution in [0, 0.1) is 0 Å². The van der Waals surface area contributed by atoms with E-state index in [0.29, 0.717) is 0 Å². The van der Waals surface area contributed by atoms with Gasteiger partial charge in [-0.3, -0.25) is 0 Å². The number of benzene rings is 1. The molecular weight excluding hydrogens is 300 g/mol. The molecule has 114 valence electrons. The quantitative estimate of drug-likeness (QED) is 0.787. The second-order valence-corrected chi connectivity index (χ2v) is 7.96. The fraction of sp³-hybridized carbons (Fsp3) is 0.500. The standard InChI is InChI=1S/C12H20N2O4S2/c1-3-4-5-10(2)14-20(17,18)12-8-6-11(7-9-12)19(13,15)16/h6-10,14H,3-5H2,1-2H3,(H2,13,15,16). The van der Waals surface area contributed by atoms with Crippen LogP contribution in [0.5, 0.6) is 0 Å². The van der Waals surface area contributed by atoms with Crippen LogP contribution in [-0.2, 0) is 20.0 Å². The van der Waals surface area contributed by atoms with Gasteiger partial charge in [0.25, 0.3) is 0 Å². The lowest BCUT2D eigenvalue weighted by Gasteiger charge is -2.13. The minimum Gasteiger partial charge on any atom is -0.225 e. The SMILES string of the molecule is CCCCC(C)NS(=O)(=O)c1ccc(S(N)(=O)=O)cc1. The lowest BCUT2D eigenvalue weighted by Crippen LogP contribution is -2.32. The van der Waals surface area contributed by atoms with Crippen molar-refractivity contribution < 1.29 is 16.8 Å². The van der Waals surface area contributed by atoms with Crippen LogP contribution >= 0.6 is 0 Å². The first-order valence-electron chi connectivity index (χ1n) is 6.32. The number of rotatable bonds is 7. The van der Waals surface area contributed by atoms with E-state index in [4.69, 9.17) is 5.14 Å². The molecule has 1 rings (SSSR count). The Hall–Kier alpha value is -0.960. The Bertz CT molecular complexity index is 637. The molecule has 0 bridgehead atoms. The van der Waals surface area contributed by atoms with Crippen LogP contribution in [0.3, 0.4) is 0 Å². The summed E-state index contributed by atoms with van der Waals surface area (Å²) in [5.41, 5.74) is 0. The molecule has 0 heterocycles. The van der Waals surface area contributed by atoms with Gasteiger partial charge in [0.1, 0.15) is 0 Å². The van der Waals surface area contributed by atoms with Gasteiger partial charge < -0.3 is 0 Å². The van der Waals surface area contributed by atoms with Gasteiger partial charge in [0.15, 0.2) is 0 Å². The van der Waals surface area contributed by atoms with E-state index in [1.165, 1.54) is 24.3 Å². The highest BCUT2D eigenvalue weighted by atomic mass is 32.2. The summed E-state index contributed by atoms with van der Waals surface area (Å²) in [5, 5.41) is 4.96. The van der Waals surface area contributed by atoms with Gasteiger partial charge in [-0.05, 0) is 37.6 Å². The molecule has 1 aromatic carbocycles. The molecule has 0 aliphatic heterocycles. The number of nitrogens with two attached hydrogens (primary N) is 1. The molecule has 0 fully saturated rings. The number of primary sulfonamides is 1. The predicted octanol–water partition coefficient (Wildman–Crippen LogP) is 1.19. The maximum absolute atomic E-state index is 12.1. The zero-order valence-electron chi connectivity index (χ0n) is 11.5. The maximum Gasteiger partial charge on any atom is 0.240 e. The average molecular weight is 320 g/mol. The smallest absolute Gasteiger partial charge is 0.225 e. The fourth-order valence-electron chi connectivity index (χ4n) is 1.71. The Morgan fingerprint density at radius 1 is 1.10 bits per heavy atom. The van der Waals surface area contributed by atoms with Gasteiger partial charge in [0.05, 0.1) is 9.79 Å². The van der Waals surface area contributed by atoms with E-state index in [1.807, 2.05) is 6.92 Å². The van der Waals surface area contributed by atoms with Crippen molar-refractivity contribution in [3.05, 3.63) is 24.3 Å². The molecule has 0 amide bonds. The zero-order valence-corrected chi connectivity index (χ0v) is 13.2. The number of hydrogen-bond donors (Lipinski definition) is 2. The summed E-state index contributed by atoms with van der Waals surface area (Å²) in [5.74, 6) is 0. The molecule has 0 aromatic heterocycles. The van der Waals surface area contributed by atoms with E-state index in [2.05, 4.69) is 4.72 Å². The molecule has 0 aliphatic carbocycles. The third kappa shape index (κ3) is 4.86. The molecule has 0 saturated heterocycles. The minimum atomic E-state index is -3.82. The van der Waals surface area contributed by atoms with Crippen molar-refractivity contribution in [3.63, 3.8) is 0 Å². The molecule has 20 heavy (non-hydrogen) atoms. The second-order valence-electron chi connectivity index (χ2n) is 4.68. The lowest BCUT2D eigenvalue weighted by molar-refractivity contribution is 0.534. The molecule has 1 atom stereocenters. The zero-order chi connectivity index (χ0) is 15.4. The van der Waals surface area contributed by atoms with Gasteiger partial charge in [0, 0.05) is 6.04 Å². The Balaban J connectivity index is 2.88. The topological polar surface area (TPSA) is 106 Å². The largest absolute Gasteiger partial charge is 0.240 e. The van der Waals surface area contributed by atoms with Crippen molar-refractivity contribution >= 4 is 20.0 Å². The van der Waals surface area contributed by atoms with E-state index >= 15 is 0 Å². The first kappa shape index (κ1) is 17.1.